The van der Waals surface area contributed by atoms with Gasteiger partial charge in [-0.25, -0.2) is 0 Å². The Morgan fingerprint density at radius 1 is 1.00 bits per heavy atom. The van der Waals surface area contributed by atoms with Crippen LogP contribution < -0.4 is 9.75 Å². The highest BCUT2D eigenvalue weighted by Gasteiger charge is 2.32. The van der Waals surface area contributed by atoms with Crippen molar-refractivity contribution in [2.24, 2.45) is 0 Å². The van der Waals surface area contributed by atoms with Gasteiger partial charge in [-0.05, 0) is 109 Å². The molecule has 0 spiro atoms. The minimum atomic E-state index is 0.590. The number of rotatable bonds is 3. The molecule has 2 unspecified atom stereocenters. The zero-order valence-electron chi connectivity index (χ0n) is 16.9. The molecule has 0 radical (unpaired) electrons. The Bertz CT molecular complexity index is 1200. The van der Waals surface area contributed by atoms with Crippen LogP contribution in [0, 0.1) is 6.92 Å². The smallest absolute Gasteiger partial charge is 0.0573 e. The molecule has 6 rings (SSSR count). The molecule has 1 aliphatic heterocycles. The molecule has 0 saturated carbocycles. The summed E-state index contributed by atoms with van der Waals surface area (Å²) in [6, 6.07) is 7.48. The molecule has 2 aromatic rings. The van der Waals surface area contributed by atoms with Crippen molar-refractivity contribution in [2.45, 2.75) is 64.0 Å². The number of thiophene rings is 1. The highest BCUT2D eigenvalue weighted by Crippen LogP contribution is 2.46. The van der Waals surface area contributed by atoms with Gasteiger partial charge in [-0.15, -0.1) is 23.1 Å². The molecule has 0 amide bonds. The van der Waals surface area contributed by atoms with Gasteiger partial charge in [0, 0.05) is 15.3 Å². The fraction of sp³-hybridized carbons (Fsp3) is 0.385. The zero-order valence-corrected chi connectivity index (χ0v) is 18.5. The van der Waals surface area contributed by atoms with Gasteiger partial charge >= 0.3 is 0 Å². The van der Waals surface area contributed by atoms with E-state index in [-0.39, 0.29) is 0 Å². The highest BCUT2D eigenvalue weighted by atomic mass is 32.2. The van der Waals surface area contributed by atoms with Crippen LogP contribution in [0.15, 0.2) is 34.8 Å². The number of hydrogen-bond acceptors (Lipinski definition) is 2. The van der Waals surface area contributed by atoms with E-state index in [4.69, 9.17) is 0 Å². The van der Waals surface area contributed by atoms with Gasteiger partial charge in [-0.2, -0.15) is 0 Å². The molecule has 2 heterocycles. The fourth-order valence-corrected chi connectivity index (χ4v) is 8.23. The average molecular weight is 403 g/mol. The Hall–Kier alpha value is -1.51. The molecule has 0 fully saturated rings. The molecule has 0 nitrogen and oxygen atoms in total. The van der Waals surface area contributed by atoms with E-state index in [1.54, 1.807) is 37.9 Å². The van der Waals surface area contributed by atoms with E-state index in [2.05, 4.69) is 62.9 Å². The summed E-state index contributed by atoms with van der Waals surface area (Å²) in [5.74, 6) is 0.613. The van der Waals surface area contributed by atoms with Crippen LogP contribution in [0.25, 0.3) is 17.2 Å². The molecule has 2 heteroatoms. The molecule has 28 heavy (non-hydrogen) atoms. The Labute approximate surface area is 175 Å². The summed E-state index contributed by atoms with van der Waals surface area (Å²) in [4.78, 5) is 2.93. The molecule has 1 aromatic heterocycles. The number of fused-ring (bicyclic) bond motifs is 4. The first kappa shape index (κ1) is 17.4. The number of thioether (sulfide) groups is 1. The highest BCUT2D eigenvalue weighted by molar-refractivity contribution is 8.04. The van der Waals surface area contributed by atoms with Crippen LogP contribution in [0.3, 0.4) is 0 Å². The van der Waals surface area contributed by atoms with E-state index in [0.717, 1.165) is 0 Å². The number of benzene rings is 1. The molecule has 142 valence electrons. The van der Waals surface area contributed by atoms with Gasteiger partial charge in [-0.3, -0.25) is 0 Å². The van der Waals surface area contributed by atoms with Crippen molar-refractivity contribution in [3.8, 4) is 0 Å². The van der Waals surface area contributed by atoms with E-state index in [9.17, 15) is 0 Å². The summed E-state index contributed by atoms with van der Waals surface area (Å²) in [6.07, 6.45) is 11.3. The summed E-state index contributed by atoms with van der Waals surface area (Å²) in [6.45, 7) is 6.88. The van der Waals surface area contributed by atoms with E-state index in [0.29, 0.717) is 11.2 Å². The summed E-state index contributed by atoms with van der Waals surface area (Å²) in [5, 5.41) is 2.12. The lowest BCUT2D eigenvalue weighted by Gasteiger charge is -2.19. The second-order valence-electron chi connectivity index (χ2n) is 8.92. The summed E-state index contributed by atoms with van der Waals surface area (Å²) >= 11 is 4.09. The van der Waals surface area contributed by atoms with Crippen molar-refractivity contribution in [2.75, 3.05) is 0 Å². The van der Waals surface area contributed by atoms with Crippen LogP contribution in [0.4, 0.5) is 0 Å². The van der Waals surface area contributed by atoms with Gasteiger partial charge in [0.05, 0.1) is 5.25 Å². The third kappa shape index (κ3) is 2.50. The first-order valence-corrected chi connectivity index (χ1v) is 12.3. The van der Waals surface area contributed by atoms with Crippen LogP contribution in [-0.2, 0) is 12.8 Å². The van der Waals surface area contributed by atoms with Crippen LogP contribution in [-0.4, -0.2) is 5.25 Å². The van der Waals surface area contributed by atoms with Crippen molar-refractivity contribution in [3.63, 3.8) is 0 Å². The van der Waals surface area contributed by atoms with Crippen molar-refractivity contribution >= 4 is 40.3 Å². The van der Waals surface area contributed by atoms with Gasteiger partial charge in [0.25, 0.3) is 0 Å². The van der Waals surface area contributed by atoms with Crippen molar-refractivity contribution in [1.82, 2.24) is 0 Å². The third-order valence-corrected chi connectivity index (χ3v) is 9.42. The Morgan fingerprint density at radius 3 is 2.68 bits per heavy atom. The Kier molecular flexibility index (Phi) is 3.87. The Balaban J connectivity index is 1.34. The van der Waals surface area contributed by atoms with E-state index in [1.165, 1.54) is 52.7 Å². The van der Waals surface area contributed by atoms with Gasteiger partial charge in [0.1, 0.15) is 0 Å². The minimum Gasteiger partial charge on any atom is -0.141 e. The second kappa shape index (κ2) is 6.24. The topological polar surface area (TPSA) is 0 Å². The summed E-state index contributed by atoms with van der Waals surface area (Å²) in [7, 11) is 0. The molecule has 0 saturated heterocycles. The first-order chi connectivity index (χ1) is 13.6. The Morgan fingerprint density at radius 2 is 1.82 bits per heavy atom. The normalized spacial score (nSPS) is 24.2. The SMILES string of the molecule is CC1=CC2=c3cc(C)sc3=C(CCC3C(C)=Cc4cc5c(cc43)CCC5)C2S1. The maximum atomic E-state index is 2.56. The predicted molar refractivity (Wildman–Crippen MR) is 124 cm³/mol. The van der Waals surface area contributed by atoms with Crippen molar-refractivity contribution in [1.29, 1.82) is 0 Å². The minimum absolute atomic E-state index is 0.590. The van der Waals surface area contributed by atoms with E-state index in [1.807, 2.05) is 11.3 Å². The van der Waals surface area contributed by atoms with Gasteiger partial charge < -0.3 is 0 Å². The number of aryl methyl sites for hydroxylation is 3. The van der Waals surface area contributed by atoms with Crippen LogP contribution in [0.2, 0.25) is 0 Å². The number of hydrogen-bond donors (Lipinski definition) is 0. The monoisotopic (exact) mass is 402 g/mol. The molecular weight excluding hydrogens is 376 g/mol. The maximum absolute atomic E-state index is 2.56. The van der Waals surface area contributed by atoms with Gasteiger partial charge in [-0.1, -0.05) is 23.8 Å². The number of allylic oxidation sites excluding steroid dienone is 3. The third-order valence-electron chi connectivity index (χ3n) is 7.03. The lowest BCUT2D eigenvalue weighted by atomic mass is 9.88. The second-order valence-corrected chi connectivity index (χ2v) is 11.5. The van der Waals surface area contributed by atoms with E-state index >= 15 is 0 Å². The molecule has 3 aliphatic carbocycles. The standard InChI is InChI=1S/C26H26S2/c1-14-9-19-12-17-5-4-6-18(17)13-22(19)20(14)7-8-21-25-23(10-15(2)27-25)24-11-16(3)28-26(21)24/h9-13,20,25H,4-8H2,1-3H3. The average Bonchev–Trinajstić information content (AvgIpc) is 3.42. The predicted octanol–water partition coefficient (Wildman–Crippen LogP) is 5.86. The molecule has 0 bridgehead atoms. The van der Waals surface area contributed by atoms with Gasteiger partial charge in [0.2, 0.25) is 0 Å². The van der Waals surface area contributed by atoms with Crippen LogP contribution in [0.1, 0.15) is 66.2 Å². The van der Waals surface area contributed by atoms with E-state index < -0.39 is 0 Å². The zero-order chi connectivity index (χ0) is 19.0. The lowest BCUT2D eigenvalue weighted by Crippen LogP contribution is -2.17. The summed E-state index contributed by atoms with van der Waals surface area (Å²) in [5.41, 5.74) is 11.2. The molecule has 2 atom stereocenters. The molecular formula is C26H26S2. The molecule has 0 N–H and O–H groups in total. The maximum Gasteiger partial charge on any atom is 0.0573 e. The first-order valence-electron chi connectivity index (χ1n) is 10.6. The molecule has 1 aromatic carbocycles. The lowest BCUT2D eigenvalue weighted by molar-refractivity contribution is 0.729. The molecule has 4 aliphatic rings. The largest absolute Gasteiger partial charge is 0.141 e. The van der Waals surface area contributed by atoms with Gasteiger partial charge in [0.15, 0.2) is 0 Å². The summed E-state index contributed by atoms with van der Waals surface area (Å²) < 4.78 is 1.59. The van der Waals surface area contributed by atoms with Crippen molar-refractivity contribution < 1.29 is 0 Å². The fourth-order valence-electron chi connectivity index (χ4n) is 5.75. The van der Waals surface area contributed by atoms with Crippen molar-refractivity contribution in [3.05, 3.63) is 71.6 Å². The van der Waals surface area contributed by atoms with Crippen LogP contribution in [0.5, 0.6) is 0 Å². The van der Waals surface area contributed by atoms with Crippen LogP contribution >= 0.6 is 23.1 Å². The quantitative estimate of drug-likeness (QED) is 0.619.